The van der Waals surface area contributed by atoms with E-state index in [0.29, 0.717) is 11.7 Å². The number of anilines is 1. The summed E-state index contributed by atoms with van der Waals surface area (Å²) < 4.78 is 32.2. The van der Waals surface area contributed by atoms with Crippen molar-refractivity contribution in [1.82, 2.24) is 10.2 Å². The fourth-order valence-electron chi connectivity index (χ4n) is 1.41. The Morgan fingerprint density at radius 3 is 2.79 bits per heavy atom. The average molecular weight is 283 g/mol. The summed E-state index contributed by atoms with van der Waals surface area (Å²) in [5.41, 5.74) is 6.21. The van der Waals surface area contributed by atoms with Gasteiger partial charge in [-0.1, -0.05) is 12.1 Å². The third kappa shape index (κ3) is 4.18. The molecule has 0 spiro atoms. The lowest BCUT2D eigenvalue weighted by atomic mass is 10.2. The van der Waals surface area contributed by atoms with E-state index in [-0.39, 0.29) is 12.4 Å². The van der Waals surface area contributed by atoms with Crippen LogP contribution >= 0.6 is 0 Å². The molecule has 2 rings (SSSR count). The van der Waals surface area contributed by atoms with Gasteiger partial charge < -0.3 is 14.7 Å². The number of hydrogen-bond donors (Lipinski definition) is 2. The first-order valence-electron chi connectivity index (χ1n) is 5.34. The molecule has 0 bridgehead atoms. The van der Waals surface area contributed by atoms with Crippen molar-refractivity contribution in [2.24, 2.45) is 0 Å². The fourth-order valence-corrected chi connectivity index (χ4v) is 1.86. The topological polar surface area (TPSA) is 107 Å². The molecule has 1 heterocycles. The van der Waals surface area contributed by atoms with Crippen LogP contribution < -0.4 is 14.7 Å². The number of H-pyrrole nitrogens is 1. The fraction of sp³-hybridized carbons (Fsp3) is 0.182. The average Bonchev–Trinajstić information content (AvgIpc) is 2.71. The number of aromatic nitrogens is 2. The Kier molecular flexibility index (Phi) is 3.61. The summed E-state index contributed by atoms with van der Waals surface area (Å²) in [4.78, 5) is 0. The van der Waals surface area contributed by atoms with E-state index in [0.717, 1.165) is 11.8 Å². The standard InChI is InChI=1S/C11H13N3O4S/c1-19(15,16)18-9-4-2-3-8(5-9)7-17-11-6-10(12)13-14-11/h2-6H,7H2,1H3,(H3,12,13,14). The molecule has 0 atom stereocenters. The highest BCUT2D eigenvalue weighted by Gasteiger charge is 2.06. The number of rotatable bonds is 5. The molecule has 0 aliphatic rings. The Morgan fingerprint density at radius 1 is 1.37 bits per heavy atom. The molecular formula is C11H13N3O4S. The van der Waals surface area contributed by atoms with Gasteiger partial charge >= 0.3 is 10.1 Å². The molecule has 2 aromatic rings. The van der Waals surface area contributed by atoms with Crippen LogP contribution in [0.4, 0.5) is 5.82 Å². The van der Waals surface area contributed by atoms with E-state index >= 15 is 0 Å². The number of aromatic amines is 1. The second-order valence-electron chi connectivity index (χ2n) is 3.89. The van der Waals surface area contributed by atoms with Crippen molar-refractivity contribution < 1.29 is 17.3 Å². The summed E-state index contributed by atoms with van der Waals surface area (Å²) in [5.74, 6) is 1.02. The summed E-state index contributed by atoms with van der Waals surface area (Å²) in [7, 11) is -3.53. The maximum atomic E-state index is 11.0. The van der Waals surface area contributed by atoms with Crippen molar-refractivity contribution in [2.45, 2.75) is 6.61 Å². The van der Waals surface area contributed by atoms with Gasteiger partial charge in [-0.25, -0.2) is 0 Å². The van der Waals surface area contributed by atoms with E-state index in [1.165, 1.54) is 0 Å². The minimum atomic E-state index is -3.53. The molecule has 0 aliphatic carbocycles. The number of ether oxygens (including phenoxy) is 1. The first-order chi connectivity index (χ1) is 8.92. The Morgan fingerprint density at radius 2 is 2.16 bits per heavy atom. The SMILES string of the molecule is CS(=O)(=O)Oc1cccc(COc2cc(N)[nH]n2)c1. The molecule has 0 saturated heterocycles. The normalized spacial score (nSPS) is 11.2. The zero-order valence-corrected chi connectivity index (χ0v) is 11.0. The van der Waals surface area contributed by atoms with E-state index in [1.807, 2.05) is 0 Å². The lowest BCUT2D eigenvalue weighted by Gasteiger charge is -2.06. The van der Waals surface area contributed by atoms with Gasteiger partial charge in [-0.3, -0.25) is 5.10 Å². The summed E-state index contributed by atoms with van der Waals surface area (Å²) >= 11 is 0. The Balaban J connectivity index is 2.03. The van der Waals surface area contributed by atoms with E-state index in [4.69, 9.17) is 14.7 Å². The molecule has 1 aromatic heterocycles. The van der Waals surface area contributed by atoms with Gasteiger partial charge in [-0.15, -0.1) is 5.10 Å². The highest BCUT2D eigenvalue weighted by molar-refractivity contribution is 7.86. The Labute approximate surface area is 110 Å². The molecular weight excluding hydrogens is 270 g/mol. The third-order valence-electron chi connectivity index (χ3n) is 2.11. The predicted molar refractivity (Wildman–Crippen MR) is 69.2 cm³/mol. The van der Waals surface area contributed by atoms with Crippen LogP contribution in [-0.4, -0.2) is 24.9 Å². The summed E-state index contributed by atoms with van der Waals surface area (Å²) in [6.45, 7) is 0.227. The highest BCUT2D eigenvalue weighted by Crippen LogP contribution is 2.17. The van der Waals surface area contributed by atoms with E-state index in [9.17, 15) is 8.42 Å². The van der Waals surface area contributed by atoms with E-state index < -0.39 is 10.1 Å². The maximum absolute atomic E-state index is 11.0. The first-order valence-corrected chi connectivity index (χ1v) is 7.16. The van der Waals surface area contributed by atoms with Crippen LogP contribution in [0.5, 0.6) is 11.6 Å². The lowest BCUT2D eigenvalue weighted by molar-refractivity contribution is 0.293. The zero-order valence-electron chi connectivity index (χ0n) is 10.2. The quantitative estimate of drug-likeness (QED) is 0.790. The van der Waals surface area contributed by atoms with Crippen molar-refractivity contribution in [3.8, 4) is 11.6 Å². The summed E-state index contributed by atoms with van der Waals surface area (Å²) in [6, 6.07) is 8.15. The van der Waals surface area contributed by atoms with Crippen LogP contribution in [0.1, 0.15) is 5.56 Å². The van der Waals surface area contributed by atoms with E-state index in [1.54, 1.807) is 30.3 Å². The number of benzene rings is 1. The van der Waals surface area contributed by atoms with Gasteiger partial charge in [0.1, 0.15) is 18.2 Å². The summed E-state index contributed by atoms with van der Waals surface area (Å²) in [5, 5.41) is 6.36. The van der Waals surface area contributed by atoms with Crippen molar-refractivity contribution in [3.05, 3.63) is 35.9 Å². The van der Waals surface area contributed by atoms with Crippen molar-refractivity contribution in [2.75, 3.05) is 12.0 Å². The van der Waals surface area contributed by atoms with E-state index in [2.05, 4.69) is 10.2 Å². The Hall–Kier alpha value is -2.22. The summed E-state index contributed by atoms with van der Waals surface area (Å²) in [6.07, 6.45) is 0.989. The van der Waals surface area contributed by atoms with Gasteiger partial charge in [0, 0.05) is 6.07 Å². The number of nitrogens with one attached hydrogen (secondary N) is 1. The third-order valence-corrected chi connectivity index (χ3v) is 2.60. The monoisotopic (exact) mass is 283 g/mol. The molecule has 0 aliphatic heterocycles. The van der Waals surface area contributed by atoms with Gasteiger partial charge in [0.15, 0.2) is 0 Å². The molecule has 0 unspecified atom stereocenters. The number of hydrogen-bond acceptors (Lipinski definition) is 6. The second kappa shape index (κ2) is 5.19. The molecule has 19 heavy (non-hydrogen) atoms. The number of nitrogens with zero attached hydrogens (tertiary/aromatic N) is 1. The second-order valence-corrected chi connectivity index (χ2v) is 5.46. The van der Waals surface area contributed by atoms with Gasteiger partial charge in [0.05, 0.1) is 6.26 Å². The molecule has 0 saturated carbocycles. The van der Waals surface area contributed by atoms with Crippen molar-refractivity contribution in [1.29, 1.82) is 0 Å². The smallest absolute Gasteiger partial charge is 0.306 e. The number of nitrogen functional groups attached to an aromatic ring is 1. The molecule has 102 valence electrons. The van der Waals surface area contributed by atoms with Crippen LogP contribution in [0.2, 0.25) is 0 Å². The largest absolute Gasteiger partial charge is 0.472 e. The zero-order chi connectivity index (χ0) is 13.9. The molecule has 7 nitrogen and oxygen atoms in total. The van der Waals surface area contributed by atoms with Crippen molar-refractivity contribution >= 4 is 15.9 Å². The molecule has 3 N–H and O–H groups in total. The minimum absolute atomic E-state index is 0.227. The molecule has 0 radical (unpaired) electrons. The molecule has 0 amide bonds. The van der Waals surface area contributed by atoms with Gasteiger partial charge in [0.25, 0.3) is 0 Å². The van der Waals surface area contributed by atoms with Gasteiger partial charge in [-0.05, 0) is 17.7 Å². The molecule has 1 aromatic carbocycles. The van der Waals surface area contributed by atoms with Crippen LogP contribution in [0.15, 0.2) is 30.3 Å². The highest BCUT2D eigenvalue weighted by atomic mass is 32.2. The molecule has 0 fully saturated rings. The maximum Gasteiger partial charge on any atom is 0.306 e. The predicted octanol–water partition coefficient (Wildman–Crippen LogP) is 0.909. The van der Waals surface area contributed by atoms with Gasteiger partial charge in [-0.2, -0.15) is 8.42 Å². The minimum Gasteiger partial charge on any atom is -0.472 e. The van der Waals surface area contributed by atoms with Crippen LogP contribution in [0.3, 0.4) is 0 Å². The molecule has 8 heteroatoms. The van der Waals surface area contributed by atoms with Crippen molar-refractivity contribution in [3.63, 3.8) is 0 Å². The lowest BCUT2D eigenvalue weighted by Crippen LogP contribution is -2.06. The number of nitrogens with two attached hydrogens (primary N) is 1. The van der Waals surface area contributed by atoms with Crippen LogP contribution in [-0.2, 0) is 16.7 Å². The first kappa shape index (κ1) is 13.2. The van der Waals surface area contributed by atoms with Crippen LogP contribution in [0.25, 0.3) is 0 Å². The van der Waals surface area contributed by atoms with Crippen LogP contribution in [0, 0.1) is 0 Å². The Bertz CT molecular complexity index is 666. The van der Waals surface area contributed by atoms with Gasteiger partial charge in [0.2, 0.25) is 5.88 Å².